The van der Waals surface area contributed by atoms with Gasteiger partial charge in [-0.15, -0.1) is 0 Å². The molecule has 0 amide bonds. The normalized spacial score (nSPS) is 26.8. The van der Waals surface area contributed by atoms with Crippen molar-refractivity contribution in [1.29, 1.82) is 0 Å². The van der Waals surface area contributed by atoms with Gasteiger partial charge in [0.1, 0.15) is 6.10 Å². The fraction of sp³-hybridized carbons (Fsp3) is 0.688. The van der Waals surface area contributed by atoms with Gasteiger partial charge in [0, 0.05) is 37.2 Å². The van der Waals surface area contributed by atoms with E-state index < -0.39 is 0 Å². The van der Waals surface area contributed by atoms with Crippen LogP contribution in [0.5, 0.6) is 5.88 Å². The fourth-order valence-corrected chi connectivity index (χ4v) is 2.58. The molecule has 2 rings (SSSR count). The van der Waals surface area contributed by atoms with Gasteiger partial charge in [-0.2, -0.15) is 0 Å². The molecule has 4 heteroatoms. The summed E-state index contributed by atoms with van der Waals surface area (Å²) in [5, 5.41) is 3.41. The van der Waals surface area contributed by atoms with Crippen molar-refractivity contribution in [3.05, 3.63) is 23.9 Å². The Morgan fingerprint density at radius 2 is 2.05 bits per heavy atom. The maximum Gasteiger partial charge on any atom is 0.218 e. The van der Waals surface area contributed by atoms with Crippen molar-refractivity contribution in [3.8, 4) is 5.88 Å². The summed E-state index contributed by atoms with van der Waals surface area (Å²) in [4.78, 5) is 4.40. The summed E-state index contributed by atoms with van der Waals surface area (Å²) in [7, 11) is 0. The Morgan fingerprint density at radius 1 is 1.35 bits per heavy atom. The van der Waals surface area contributed by atoms with Crippen LogP contribution >= 0.6 is 0 Å². The Balaban J connectivity index is 2.01. The van der Waals surface area contributed by atoms with E-state index in [0.717, 1.165) is 30.8 Å². The van der Waals surface area contributed by atoms with Crippen LogP contribution < -0.4 is 10.1 Å². The van der Waals surface area contributed by atoms with Crippen molar-refractivity contribution in [1.82, 2.24) is 10.3 Å². The molecule has 0 bridgehead atoms. The second kappa shape index (κ2) is 7.04. The molecule has 2 heterocycles. The largest absolute Gasteiger partial charge is 0.474 e. The summed E-state index contributed by atoms with van der Waals surface area (Å²) in [5.41, 5.74) is 1.12. The zero-order valence-corrected chi connectivity index (χ0v) is 12.9. The Hall–Kier alpha value is -1.13. The van der Waals surface area contributed by atoms with E-state index in [1.54, 1.807) is 6.20 Å². The van der Waals surface area contributed by atoms with Crippen LogP contribution in [0, 0.1) is 0 Å². The quantitative estimate of drug-likeness (QED) is 0.899. The highest BCUT2D eigenvalue weighted by Gasteiger charge is 2.26. The third kappa shape index (κ3) is 4.46. The lowest BCUT2D eigenvalue weighted by Crippen LogP contribution is -2.36. The number of nitrogens with one attached hydrogen (secondary N) is 1. The van der Waals surface area contributed by atoms with Gasteiger partial charge >= 0.3 is 0 Å². The van der Waals surface area contributed by atoms with E-state index >= 15 is 0 Å². The summed E-state index contributed by atoms with van der Waals surface area (Å²) in [6.45, 7) is 9.27. The van der Waals surface area contributed by atoms with E-state index in [1.165, 1.54) is 0 Å². The van der Waals surface area contributed by atoms with Gasteiger partial charge in [-0.05, 0) is 19.9 Å². The predicted molar refractivity (Wildman–Crippen MR) is 79.9 cm³/mol. The molecule has 0 aliphatic carbocycles. The van der Waals surface area contributed by atoms with Crippen LogP contribution in [0.15, 0.2) is 18.3 Å². The number of aromatic nitrogens is 1. The Kier molecular flexibility index (Phi) is 5.38. The van der Waals surface area contributed by atoms with Gasteiger partial charge in [0.25, 0.3) is 0 Å². The maximum atomic E-state index is 6.13. The van der Waals surface area contributed by atoms with E-state index in [2.05, 4.69) is 44.1 Å². The maximum absolute atomic E-state index is 6.13. The van der Waals surface area contributed by atoms with Crippen molar-refractivity contribution in [2.75, 3.05) is 0 Å². The second-order valence-electron chi connectivity index (χ2n) is 5.97. The van der Waals surface area contributed by atoms with E-state index in [4.69, 9.17) is 9.47 Å². The first kappa shape index (κ1) is 15.3. The van der Waals surface area contributed by atoms with E-state index in [9.17, 15) is 0 Å². The van der Waals surface area contributed by atoms with Crippen molar-refractivity contribution >= 4 is 0 Å². The highest BCUT2D eigenvalue weighted by atomic mass is 16.5. The molecule has 4 nitrogen and oxygen atoms in total. The highest BCUT2D eigenvalue weighted by molar-refractivity contribution is 5.25. The van der Waals surface area contributed by atoms with Crippen LogP contribution in [0.25, 0.3) is 0 Å². The minimum absolute atomic E-state index is 0.196. The van der Waals surface area contributed by atoms with Gasteiger partial charge in [-0.1, -0.05) is 19.9 Å². The number of ether oxygens (including phenoxy) is 2. The summed E-state index contributed by atoms with van der Waals surface area (Å²) >= 11 is 0. The lowest BCUT2D eigenvalue weighted by atomic mass is 10.0. The Morgan fingerprint density at radius 3 is 2.70 bits per heavy atom. The SMILES string of the molecule is CC(C)NCc1cccnc1OC1CC(C)OC(C)C1. The van der Waals surface area contributed by atoms with Crippen LogP contribution in [-0.2, 0) is 11.3 Å². The van der Waals surface area contributed by atoms with Crippen LogP contribution in [0.3, 0.4) is 0 Å². The molecule has 1 N–H and O–H groups in total. The molecule has 0 saturated carbocycles. The molecule has 1 saturated heterocycles. The lowest BCUT2D eigenvalue weighted by Gasteiger charge is -2.32. The molecule has 2 atom stereocenters. The van der Waals surface area contributed by atoms with Crippen LogP contribution in [0.4, 0.5) is 0 Å². The topological polar surface area (TPSA) is 43.4 Å². The first-order valence-electron chi connectivity index (χ1n) is 7.54. The Labute approximate surface area is 121 Å². The van der Waals surface area contributed by atoms with Gasteiger partial charge in [0.05, 0.1) is 12.2 Å². The third-order valence-electron chi connectivity index (χ3n) is 3.48. The summed E-state index contributed by atoms with van der Waals surface area (Å²) in [6, 6.07) is 4.48. The van der Waals surface area contributed by atoms with Gasteiger partial charge in [-0.25, -0.2) is 4.98 Å². The van der Waals surface area contributed by atoms with Gasteiger partial charge in [0.15, 0.2) is 0 Å². The molecule has 112 valence electrons. The van der Waals surface area contributed by atoms with Crippen molar-refractivity contribution < 1.29 is 9.47 Å². The standard InChI is InChI=1S/C16H26N2O2/c1-11(2)18-10-14-6-5-7-17-16(14)20-15-8-12(3)19-13(4)9-15/h5-7,11-13,15,18H,8-10H2,1-4H3. The number of hydrogen-bond acceptors (Lipinski definition) is 4. The summed E-state index contributed by atoms with van der Waals surface area (Å²) < 4.78 is 11.9. The van der Waals surface area contributed by atoms with Crippen LogP contribution in [-0.4, -0.2) is 29.3 Å². The molecule has 0 aromatic carbocycles. The van der Waals surface area contributed by atoms with Gasteiger partial charge in [-0.3, -0.25) is 0 Å². The number of nitrogens with zero attached hydrogens (tertiary/aromatic N) is 1. The molecular formula is C16H26N2O2. The van der Waals surface area contributed by atoms with Gasteiger partial charge < -0.3 is 14.8 Å². The molecule has 1 aromatic heterocycles. The molecular weight excluding hydrogens is 252 g/mol. The van der Waals surface area contributed by atoms with E-state index in [1.807, 2.05) is 6.07 Å². The lowest BCUT2D eigenvalue weighted by molar-refractivity contribution is -0.0731. The minimum Gasteiger partial charge on any atom is -0.474 e. The Bertz CT molecular complexity index is 413. The molecule has 1 aliphatic heterocycles. The third-order valence-corrected chi connectivity index (χ3v) is 3.48. The molecule has 2 unspecified atom stereocenters. The first-order valence-corrected chi connectivity index (χ1v) is 7.54. The average Bonchev–Trinajstić information content (AvgIpc) is 2.36. The van der Waals surface area contributed by atoms with Crippen molar-refractivity contribution in [2.24, 2.45) is 0 Å². The predicted octanol–water partition coefficient (Wildman–Crippen LogP) is 2.91. The van der Waals surface area contributed by atoms with E-state index in [-0.39, 0.29) is 18.3 Å². The van der Waals surface area contributed by atoms with E-state index in [0.29, 0.717) is 6.04 Å². The molecule has 1 aliphatic rings. The number of rotatable bonds is 5. The minimum atomic E-state index is 0.196. The molecule has 0 spiro atoms. The highest BCUT2D eigenvalue weighted by Crippen LogP contribution is 2.25. The fourth-order valence-electron chi connectivity index (χ4n) is 2.58. The zero-order chi connectivity index (χ0) is 14.5. The monoisotopic (exact) mass is 278 g/mol. The molecule has 20 heavy (non-hydrogen) atoms. The average molecular weight is 278 g/mol. The number of hydrogen-bond donors (Lipinski definition) is 1. The molecule has 1 fully saturated rings. The molecule has 0 radical (unpaired) electrons. The van der Waals surface area contributed by atoms with Crippen molar-refractivity contribution in [3.63, 3.8) is 0 Å². The summed E-state index contributed by atoms with van der Waals surface area (Å²) in [5.74, 6) is 0.756. The zero-order valence-electron chi connectivity index (χ0n) is 12.9. The van der Waals surface area contributed by atoms with Crippen LogP contribution in [0.2, 0.25) is 0 Å². The van der Waals surface area contributed by atoms with Gasteiger partial charge in [0.2, 0.25) is 5.88 Å². The van der Waals surface area contributed by atoms with Crippen LogP contribution in [0.1, 0.15) is 46.1 Å². The summed E-state index contributed by atoms with van der Waals surface area (Å²) in [6.07, 6.45) is 4.35. The smallest absolute Gasteiger partial charge is 0.218 e. The second-order valence-corrected chi connectivity index (χ2v) is 5.97. The number of pyridine rings is 1. The first-order chi connectivity index (χ1) is 9.54. The van der Waals surface area contributed by atoms with Crippen molar-refractivity contribution in [2.45, 2.75) is 71.4 Å². The molecule has 1 aromatic rings.